The minimum Gasteiger partial charge on any atom is -0.451 e. The van der Waals surface area contributed by atoms with E-state index in [4.69, 9.17) is 9.47 Å². The van der Waals surface area contributed by atoms with Crippen LogP contribution in [-0.4, -0.2) is 47.2 Å². The molecule has 26 heavy (non-hydrogen) atoms. The Morgan fingerprint density at radius 2 is 1.85 bits per heavy atom. The summed E-state index contributed by atoms with van der Waals surface area (Å²) < 4.78 is 10.6. The van der Waals surface area contributed by atoms with Gasteiger partial charge in [0.25, 0.3) is 5.91 Å². The van der Waals surface area contributed by atoms with E-state index in [0.29, 0.717) is 25.1 Å². The molecule has 2 amide bonds. The summed E-state index contributed by atoms with van der Waals surface area (Å²) in [4.78, 5) is 38.2. The zero-order chi connectivity index (χ0) is 19.3. The Kier molecular flexibility index (Phi) is 6.23. The minimum absolute atomic E-state index is 0.425. The zero-order valence-corrected chi connectivity index (χ0v) is 15.7. The molecular weight excluding hydrogens is 336 g/mol. The van der Waals surface area contributed by atoms with Crippen LogP contribution in [0.15, 0.2) is 30.3 Å². The van der Waals surface area contributed by atoms with E-state index in [0.717, 1.165) is 0 Å². The van der Waals surface area contributed by atoms with Gasteiger partial charge in [-0.1, -0.05) is 18.2 Å². The average molecular weight is 362 g/mol. The van der Waals surface area contributed by atoms with Crippen LogP contribution >= 0.6 is 0 Å². The van der Waals surface area contributed by atoms with Gasteiger partial charge in [0, 0.05) is 12.2 Å². The molecule has 0 radical (unpaired) electrons. The van der Waals surface area contributed by atoms with Gasteiger partial charge < -0.3 is 14.8 Å². The number of para-hydroxylation sites is 1. The second kappa shape index (κ2) is 8.21. The van der Waals surface area contributed by atoms with E-state index in [9.17, 15) is 14.4 Å². The largest absolute Gasteiger partial charge is 0.451 e. The van der Waals surface area contributed by atoms with E-state index in [1.165, 1.54) is 11.8 Å². The van der Waals surface area contributed by atoms with Crippen molar-refractivity contribution in [1.29, 1.82) is 0 Å². The number of rotatable bonds is 4. The van der Waals surface area contributed by atoms with Crippen molar-refractivity contribution < 1.29 is 23.9 Å². The first kappa shape index (κ1) is 19.8. The first-order valence-corrected chi connectivity index (χ1v) is 8.73. The summed E-state index contributed by atoms with van der Waals surface area (Å²) in [6.07, 6.45) is -0.337. The normalized spacial score (nSPS) is 18.2. The third kappa shape index (κ3) is 5.47. The maximum Gasteiger partial charge on any atom is 0.411 e. The van der Waals surface area contributed by atoms with Crippen molar-refractivity contribution in [3.63, 3.8) is 0 Å². The quantitative estimate of drug-likeness (QED) is 0.833. The predicted molar refractivity (Wildman–Crippen MR) is 96.6 cm³/mol. The van der Waals surface area contributed by atoms with E-state index < -0.39 is 35.7 Å². The average Bonchev–Trinajstić information content (AvgIpc) is 3.04. The van der Waals surface area contributed by atoms with Crippen molar-refractivity contribution >= 4 is 23.7 Å². The molecule has 2 atom stereocenters. The van der Waals surface area contributed by atoms with Gasteiger partial charge in [0.2, 0.25) is 0 Å². The highest BCUT2D eigenvalue weighted by Gasteiger charge is 2.38. The van der Waals surface area contributed by atoms with Crippen LogP contribution in [0.4, 0.5) is 10.5 Å². The Bertz CT molecular complexity index is 654. The number of nitrogens with one attached hydrogen (secondary N) is 1. The molecule has 0 aliphatic carbocycles. The highest BCUT2D eigenvalue weighted by molar-refractivity contribution is 5.95. The third-order valence-electron chi connectivity index (χ3n) is 3.86. The summed E-state index contributed by atoms with van der Waals surface area (Å²) >= 11 is 0. The van der Waals surface area contributed by atoms with Crippen LogP contribution in [0.2, 0.25) is 0 Å². The molecule has 0 spiro atoms. The Labute approximate surface area is 153 Å². The molecule has 1 aromatic rings. The predicted octanol–water partition coefficient (Wildman–Crippen LogP) is 2.96. The Morgan fingerprint density at radius 1 is 1.19 bits per heavy atom. The van der Waals surface area contributed by atoms with Crippen LogP contribution in [-0.2, 0) is 19.1 Å². The lowest BCUT2D eigenvalue weighted by molar-refractivity contribution is -0.157. The molecule has 0 bridgehead atoms. The Hall–Kier alpha value is -2.57. The van der Waals surface area contributed by atoms with E-state index in [-0.39, 0.29) is 0 Å². The lowest BCUT2D eigenvalue weighted by Gasteiger charge is -2.28. The van der Waals surface area contributed by atoms with E-state index in [1.807, 2.05) is 6.07 Å². The molecule has 1 saturated heterocycles. The molecule has 1 N–H and O–H groups in total. The molecule has 1 aliphatic heterocycles. The van der Waals surface area contributed by atoms with Crippen LogP contribution in [0, 0.1) is 0 Å². The second-order valence-corrected chi connectivity index (χ2v) is 7.27. The van der Waals surface area contributed by atoms with Gasteiger partial charge in [-0.25, -0.2) is 9.59 Å². The summed E-state index contributed by atoms with van der Waals surface area (Å²) in [5.74, 6) is -1.02. The SMILES string of the molecule is C[C@@H](OC(=O)[C@@H]1CCCN1C(=O)OC(C)(C)C)C(=O)Nc1ccccc1. The fraction of sp³-hybridized carbons (Fsp3) is 0.526. The van der Waals surface area contributed by atoms with E-state index in [1.54, 1.807) is 45.0 Å². The first-order valence-electron chi connectivity index (χ1n) is 8.73. The third-order valence-corrected chi connectivity index (χ3v) is 3.86. The van der Waals surface area contributed by atoms with E-state index in [2.05, 4.69) is 5.32 Å². The molecule has 2 rings (SSSR count). The first-order chi connectivity index (χ1) is 12.2. The van der Waals surface area contributed by atoms with Gasteiger partial charge in [0.1, 0.15) is 11.6 Å². The summed E-state index contributed by atoms with van der Waals surface area (Å²) in [5, 5.41) is 2.68. The summed E-state index contributed by atoms with van der Waals surface area (Å²) in [7, 11) is 0. The van der Waals surface area contributed by atoms with Crippen LogP contribution < -0.4 is 5.32 Å². The van der Waals surface area contributed by atoms with Gasteiger partial charge >= 0.3 is 12.1 Å². The molecule has 7 nitrogen and oxygen atoms in total. The zero-order valence-electron chi connectivity index (χ0n) is 15.7. The molecule has 1 aliphatic rings. The molecule has 1 heterocycles. The Morgan fingerprint density at radius 3 is 2.46 bits per heavy atom. The number of esters is 1. The smallest absolute Gasteiger partial charge is 0.411 e. The van der Waals surface area contributed by atoms with E-state index >= 15 is 0 Å². The number of hydrogen-bond donors (Lipinski definition) is 1. The van der Waals surface area contributed by atoms with Gasteiger partial charge in [0.15, 0.2) is 6.10 Å². The monoisotopic (exact) mass is 362 g/mol. The fourth-order valence-corrected chi connectivity index (χ4v) is 2.62. The van der Waals surface area contributed by atoms with Gasteiger partial charge in [-0.05, 0) is 52.7 Å². The number of hydrogen-bond acceptors (Lipinski definition) is 5. The maximum absolute atomic E-state index is 12.4. The number of amides is 2. The summed E-state index contributed by atoms with van der Waals surface area (Å²) in [5.41, 5.74) is -0.0200. The summed E-state index contributed by atoms with van der Waals surface area (Å²) in [6.45, 7) is 7.24. The van der Waals surface area contributed by atoms with Crippen molar-refractivity contribution in [3.8, 4) is 0 Å². The van der Waals surface area contributed by atoms with Gasteiger partial charge in [-0.2, -0.15) is 0 Å². The number of carbonyl (C=O) groups excluding carboxylic acids is 3. The number of nitrogens with zero attached hydrogens (tertiary/aromatic N) is 1. The number of carbonyl (C=O) groups is 3. The number of ether oxygens (including phenoxy) is 2. The fourth-order valence-electron chi connectivity index (χ4n) is 2.62. The van der Waals surface area contributed by atoms with Crippen molar-refractivity contribution in [2.24, 2.45) is 0 Å². The van der Waals surface area contributed by atoms with Crippen molar-refractivity contribution in [3.05, 3.63) is 30.3 Å². The Balaban J connectivity index is 1.93. The maximum atomic E-state index is 12.4. The van der Waals surface area contributed by atoms with Gasteiger partial charge in [0.05, 0.1) is 0 Å². The number of anilines is 1. The second-order valence-electron chi connectivity index (χ2n) is 7.27. The molecule has 1 aromatic carbocycles. The van der Waals surface area contributed by atoms with Crippen LogP contribution in [0.3, 0.4) is 0 Å². The highest BCUT2D eigenvalue weighted by Crippen LogP contribution is 2.22. The molecular formula is C19H26N2O5. The van der Waals surface area contributed by atoms with Gasteiger partial charge in [-0.15, -0.1) is 0 Å². The van der Waals surface area contributed by atoms with Gasteiger partial charge in [-0.3, -0.25) is 9.69 Å². The number of benzene rings is 1. The molecule has 0 aromatic heterocycles. The van der Waals surface area contributed by atoms with Crippen molar-refractivity contribution in [1.82, 2.24) is 4.90 Å². The lowest BCUT2D eigenvalue weighted by atomic mass is 10.2. The molecule has 1 fully saturated rings. The topological polar surface area (TPSA) is 84.9 Å². The van der Waals surface area contributed by atoms with Crippen LogP contribution in [0.1, 0.15) is 40.5 Å². The van der Waals surface area contributed by atoms with Crippen LogP contribution in [0.25, 0.3) is 0 Å². The standard InChI is InChI=1S/C19H26N2O5/c1-13(16(22)20-14-9-6-5-7-10-14)25-17(23)15-11-8-12-21(15)18(24)26-19(2,3)4/h5-7,9-10,13,15H,8,11-12H2,1-4H3,(H,20,22)/t13-,15+/m1/s1. The van der Waals surface area contributed by atoms with Crippen molar-refractivity contribution in [2.45, 2.75) is 58.3 Å². The molecule has 0 saturated carbocycles. The molecule has 7 heteroatoms. The lowest BCUT2D eigenvalue weighted by Crippen LogP contribution is -2.45. The number of likely N-dealkylation sites (tertiary alicyclic amines) is 1. The molecule has 142 valence electrons. The summed E-state index contributed by atoms with van der Waals surface area (Å²) in [6, 6.07) is 8.19. The molecule has 0 unspecified atom stereocenters. The van der Waals surface area contributed by atoms with Crippen LogP contribution in [0.5, 0.6) is 0 Å². The highest BCUT2D eigenvalue weighted by atomic mass is 16.6. The van der Waals surface area contributed by atoms with Crippen molar-refractivity contribution in [2.75, 3.05) is 11.9 Å². The minimum atomic E-state index is -0.969.